The Labute approximate surface area is 174 Å². The predicted molar refractivity (Wildman–Crippen MR) is 121 cm³/mol. The lowest BCUT2D eigenvalue weighted by Crippen LogP contribution is -2.14. The second-order valence-corrected chi connectivity index (χ2v) is 7.10. The number of amides is 2. The number of rotatable bonds is 4. The van der Waals surface area contributed by atoms with E-state index in [2.05, 4.69) is 10.6 Å². The maximum atomic E-state index is 13.2. The van der Waals surface area contributed by atoms with Crippen molar-refractivity contribution in [1.29, 1.82) is 0 Å². The Kier molecular flexibility index (Phi) is 5.26. The van der Waals surface area contributed by atoms with Crippen LogP contribution < -0.4 is 10.6 Å². The van der Waals surface area contributed by atoms with Gasteiger partial charge in [-0.3, -0.25) is 9.59 Å². The second-order valence-electron chi connectivity index (χ2n) is 7.10. The van der Waals surface area contributed by atoms with Gasteiger partial charge in [0, 0.05) is 29.2 Å². The summed E-state index contributed by atoms with van der Waals surface area (Å²) in [6.07, 6.45) is 0. The zero-order chi connectivity index (χ0) is 21.1. The highest BCUT2D eigenvalue weighted by molar-refractivity contribution is 6.13. The van der Waals surface area contributed by atoms with E-state index in [9.17, 15) is 9.59 Å². The Morgan fingerprint density at radius 3 is 2.27 bits per heavy atom. The van der Waals surface area contributed by atoms with E-state index in [0.29, 0.717) is 16.9 Å². The van der Waals surface area contributed by atoms with Gasteiger partial charge in [0.05, 0.1) is 16.8 Å². The Hall–Kier alpha value is -3.99. The molecule has 0 saturated carbocycles. The minimum Gasteiger partial charge on any atom is -0.326 e. The fourth-order valence-electron chi connectivity index (χ4n) is 3.34. The molecule has 1 heterocycles. The molecule has 2 N–H and O–H groups in total. The molecule has 4 aromatic rings. The molecule has 3 aromatic carbocycles. The lowest BCUT2D eigenvalue weighted by molar-refractivity contribution is -0.114. The van der Waals surface area contributed by atoms with Crippen molar-refractivity contribution in [2.45, 2.75) is 13.8 Å². The van der Waals surface area contributed by atoms with E-state index in [1.165, 1.54) is 6.92 Å². The Bertz CT molecular complexity index is 1250. The SMILES string of the molecule is CC(=O)Nc1ccc(-c2cc(C(=O)Nc3ccccc3C)c3ccccc3n2)cc1. The smallest absolute Gasteiger partial charge is 0.256 e. The van der Waals surface area contributed by atoms with Crippen LogP contribution in [0.5, 0.6) is 0 Å². The van der Waals surface area contributed by atoms with Crippen molar-refractivity contribution in [2.24, 2.45) is 0 Å². The van der Waals surface area contributed by atoms with Crippen LogP contribution in [0.1, 0.15) is 22.8 Å². The van der Waals surface area contributed by atoms with Gasteiger partial charge in [-0.05, 0) is 42.8 Å². The van der Waals surface area contributed by atoms with Crippen LogP contribution in [0.25, 0.3) is 22.2 Å². The number of nitrogens with one attached hydrogen (secondary N) is 2. The monoisotopic (exact) mass is 395 g/mol. The maximum Gasteiger partial charge on any atom is 0.256 e. The number of fused-ring (bicyclic) bond motifs is 1. The van der Waals surface area contributed by atoms with Crippen LogP contribution in [0.15, 0.2) is 78.9 Å². The van der Waals surface area contributed by atoms with Crippen molar-refractivity contribution >= 4 is 34.1 Å². The maximum absolute atomic E-state index is 13.2. The van der Waals surface area contributed by atoms with Gasteiger partial charge in [0.15, 0.2) is 0 Å². The third-order valence-electron chi connectivity index (χ3n) is 4.86. The number of benzene rings is 3. The fourth-order valence-corrected chi connectivity index (χ4v) is 3.34. The number of carbonyl (C=O) groups excluding carboxylic acids is 2. The van der Waals surface area contributed by atoms with Crippen molar-refractivity contribution in [3.8, 4) is 11.3 Å². The lowest BCUT2D eigenvalue weighted by Gasteiger charge is -2.12. The predicted octanol–water partition coefficient (Wildman–Crippen LogP) is 5.42. The number of aryl methyl sites for hydroxylation is 1. The molecule has 0 aliphatic rings. The summed E-state index contributed by atoms with van der Waals surface area (Å²) in [5.74, 6) is -0.305. The summed E-state index contributed by atoms with van der Waals surface area (Å²) in [6, 6.07) is 24.5. The van der Waals surface area contributed by atoms with Gasteiger partial charge < -0.3 is 10.6 Å². The first-order valence-corrected chi connectivity index (χ1v) is 9.66. The zero-order valence-corrected chi connectivity index (χ0v) is 16.8. The largest absolute Gasteiger partial charge is 0.326 e. The van der Waals surface area contributed by atoms with E-state index in [0.717, 1.165) is 27.7 Å². The van der Waals surface area contributed by atoms with Crippen LogP contribution in [0.3, 0.4) is 0 Å². The van der Waals surface area contributed by atoms with E-state index in [4.69, 9.17) is 4.98 Å². The summed E-state index contributed by atoms with van der Waals surface area (Å²) in [7, 11) is 0. The Morgan fingerprint density at radius 2 is 1.53 bits per heavy atom. The number of hydrogen-bond donors (Lipinski definition) is 2. The van der Waals surface area contributed by atoms with Crippen molar-refractivity contribution in [3.63, 3.8) is 0 Å². The number of para-hydroxylation sites is 2. The average molecular weight is 395 g/mol. The van der Waals surface area contributed by atoms with E-state index < -0.39 is 0 Å². The number of aromatic nitrogens is 1. The van der Waals surface area contributed by atoms with Gasteiger partial charge in [0.2, 0.25) is 5.91 Å². The molecule has 0 spiro atoms. The molecule has 0 unspecified atom stereocenters. The van der Waals surface area contributed by atoms with Crippen LogP contribution in [0, 0.1) is 6.92 Å². The number of pyridine rings is 1. The topological polar surface area (TPSA) is 71.1 Å². The highest BCUT2D eigenvalue weighted by atomic mass is 16.2. The van der Waals surface area contributed by atoms with E-state index in [1.54, 1.807) is 0 Å². The van der Waals surface area contributed by atoms with Gasteiger partial charge in [-0.2, -0.15) is 0 Å². The van der Waals surface area contributed by atoms with Crippen LogP contribution in [0.4, 0.5) is 11.4 Å². The summed E-state index contributed by atoms with van der Waals surface area (Å²) < 4.78 is 0. The molecule has 30 heavy (non-hydrogen) atoms. The number of nitrogens with zero attached hydrogens (tertiary/aromatic N) is 1. The van der Waals surface area contributed by atoms with Gasteiger partial charge >= 0.3 is 0 Å². The molecule has 0 saturated heterocycles. The fraction of sp³-hybridized carbons (Fsp3) is 0.0800. The van der Waals surface area contributed by atoms with Crippen LogP contribution >= 0.6 is 0 Å². The molecule has 0 aliphatic carbocycles. The van der Waals surface area contributed by atoms with Crippen LogP contribution in [-0.2, 0) is 4.79 Å². The van der Waals surface area contributed by atoms with E-state index in [-0.39, 0.29) is 11.8 Å². The van der Waals surface area contributed by atoms with Gasteiger partial charge in [-0.15, -0.1) is 0 Å². The third-order valence-corrected chi connectivity index (χ3v) is 4.86. The van der Waals surface area contributed by atoms with Gasteiger partial charge in [0.1, 0.15) is 0 Å². The van der Waals surface area contributed by atoms with E-state index in [1.807, 2.05) is 85.8 Å². The molecule has 1 aromatic heterocycles. The molecule has 5 heteroatoms. The Morgan fingerprint density at radius 1 is 0.833 bits per heavy atom. The number of hydrogen-bond acceptors (Lipinski definition) is 3. The lowest BCUT2D eigenvalue weighted by atomic mass is 10.0. The first-order chi connectivity index (χ1) is 14.5. The Balaban J connectivity index is 1.75. The summed E-state index contributed by atoms with van der Waals surface area (Å²) in [5, 5.41) is 6.56. The molecule has 2 amide bonds. The third kappa shape index (κ3) is 4.05. The number of anilines is 2. The highest BCUT2D eigenvalue weighted by Gasteiger charge is 2.15. The van der Waals surface area contributed by atoms with Crippen molar-refractivity contribution in [3.05, 3.63) is 90.0 Å². The molecular weight excluding hydrogens is 374 g/mol. The van der Waals surface area contributed by atoms with Gasteiger partial charge in [-0.25, -0.2) is 4.98 Å². The summed E-state index contributed by atoms with van der Waals surface area (Å²) in [6.45, 7) is 3.43. The van der Waals surface area contributed by atoms with Crippen LogP contribution in [0.2, 0.25) is 0 Å². The van der Waals surface area contributed by atoms with Gasteiger partial charge in [0.25, 0.3) is 5.91 Å². The minimum absolute atomic E-state index is 0.123. The molecule has 0 bridgehead atoms. The minimum atomic E-state index is -0.181. The molecule has 148 valence electrons. The zero-order valence-electron chi connectivity index (χ0n) is 16.8. The molecule has 0 aliphatic heterocycles. The average Bonchev–Trinajstić information content (AvgIpc) is 2.74. The molecular formula is C25H21N3O2. The summed E-state index contributed by atoms with van der Waals surface area (Å²) in [5.41, 5.74) is 5.35. The number of carbonyl (C=O) groups is 2. The first kappa shape index (κ1) is 19.3. The van der Waals surface area contributed by atoms with Crippen molar-refractivity contribution < 1.29 is 9.59 Å². The summed E-state index contributed by atoms with van der Waals surface area (Å²) >= 11 is 0. The normalized spacial score (nSPS) is 10.6. The molecule has 0 fully saturated rings. The summed E-state index contributed by atoms with van der Waals surface area (Å²) in [4.78, 5) is 29.1. The standard InChI is InChI=1S/C25H21N3O2/c1-16-7-3-5-9-22(16)28-25(30)21-15-24(27-23-10-6-4-8-20(21)23)18-11-13-19(14-12-18)26-17(2)29/h3-15H,1-2H3,(H,26,29)(H,28,30). The molecule has 0 radical (unpaired) electrons. The quantitative estimate of drug-likeness (QED) is 0.485. The highest BCUT2D eigenvalue weighted by Crippen LogP contribution is 2.27. The molecule has 4 rings (SSSR count). The first-order valence-electron chi connectivity index (χ1n) is 9.66. The molecule has 0 atom stereocenters. The van der Waals surface area contributed by atoms with E-state index >= 15 is 0 Å². The second kappa shape index (κ2) is 8.17. The van der Waals surface area contributed by atoms with Crippen molar-refractivity contribution in [2.75, 3.05) is 10.6 Å². The van der Waals surface area contributed by atoms with Crippen LogP contribution in [-0.4, -0.2) is 16.8 Å². The molecule has 5 nitrogen and oxygen atoms in total. The van der Waals surface area contributed by atoms with Crippen molar-refractivity contribution in [1.82, 2.24) is 4.98 Å². The van der Waals surface area contributed by atoms with Gasteiger partial charge in [-0.1, -0.05) is 48.5 Å².